The maximum Gasteiger partial charge on any atom is 0.328 e. The number of methoxy groups -OCH3 is 2. The summed E-state index contributed by atoms with van der Waals surface area (Å²) in [6, 6.07) is -1.95. The van der Waals surface area contributed by atoms with Gasteiger partial charge in [-0.3, -0.25) is 19.2 Å². The van der Waals surface area contributed by atoms with Gasteiger partial charge in [-0.15, -0.1) is 0 Å². The van der Waals surface area contributed by atoms with Gasteiger partial charge in [-0.1, -0.05) is 11.8 Å². The number of esters is 4. The van der Waals surface area contributed by atoms with E-state index in [0.717, 1.165) is 0 Å². The minimum Gasteiger partial charge on any atom is -0.467 e. The third kappa shape index (κ3) is 13.5. The van der Waals surface area contributed by atoms with Crippen LogP contribution in [-0.4, -0.2) is 74.2 Å². The zero-order valence-electron chi connectivity index (χ0n) is 24.3. The van der Waals surface area contributed by atoms with Crippen LogP contribution in [0.3, 0.4) is 0 Å². The fourth-order valence-electron chi connectivity index (χ4n) is 4.49. The number of hydrogen-bond donors (Lipinski definition) is 2. The first kappa shape index (κ1) is 34.1. The number of carbonyl (C=O) groups excluding carboxylic acids is 6. The zero-order valence-corrected chi connectivity index (χ0v) is 24.3. The standard InChI is InChI=1S/C30H40N2O10/c1-39-29(37)23-17-19-27(35)41-21-13-15-22(16-14-21)42-28(36)20-18-24(30(38)40-2)32-26(34)12-10-8-6-4-3-5-7-9-11-25(33)31-23/h21-24H,7-20H2,1-2H3,(H,31,33)(H,32,34)/t21?,22?,23-,24-/m0/s1. The number of rotatable bonds is 2. The van der Waals surface area contributed by atoms with Crippen molar-refractivity contribution in [2.45, 2.75) is 114 Å². The summed E-state index contributed by atoms with van der Waals surface area (Å²) in [5, 5.41) is 5.22. The summed E-state index contributed by atoms with van der Waals surface area (Å²) >= 11 is 0. The second kappa shape index (κ2) is 19.1. The minimum atomic E-state index is -0.977. The lowest BCUT2D eigenvalue weighted by Crippen LogP contribution is -2.42. The Morgan fingerprint density at radius 3 is 1.38 bits per heavy atom. The maximum atomic E-state index is 12.4. The number of fused-ring (bicyclic) bond motifs is 23. The van der Waals surface area contributed by atoms with E-state index >= 15 is 0 Å². The summed E-state index contributed by atoms with van der Waals surface area (Å²) in [7, 11) is 2.42. The lowest BCUT2D eigenvalue weighted by Gasteiger charge is -2.28. The topological polar surface area (TPSA) is 163 Å². The molecule has 12 nitrogen and oxygen atoms in total. The van der Waals surface area contributed by atoms with Gasteiger partial charge in [-0.05, 0) is 63.2 Å². The number of hydrogen-bond acceptors (Lipinski definition) is 10. The van der Waals surface area contributed by atoms with Gasteiger partial charge in [0.25, 0.3) is 0 Å². The van der Waals surface area contributed by atoms with Crippen LogP contribution in [0.2, 0.25) is 0 Å². The Balaban J connectivity index is 2.02. The average Bonchev–Trinajstić information content (AvgIpc) is 2.97. The predicted molar refractivity (Wildman–Crippen MR) is 148 cm³/mol. The predicted octanol–water partition coefficient (Wildman–Crippen LogP) is 1.62. The summed E-state index contributed by atoms with van der Waals surface area (Å²) in [6.45, 7) is 0. The van der Waals surface area contributed by atoms with Crippen LogP contribution in [0, 0.1) is 23.7 Å². The molecule has 1 aliphatic carbocycles. The molecule has 230 valence electrons. The first-order valence-electron chi connectivity index (χ1n) is 14.3. The first-order chi connectivity index (χ1) is 20.2. The van der Waals surface area contributed by atoms with Crippen molar-refractivity contribution in [3.8, 4) is 23.7 Å². The number of nitrogens with one attached hydrogen (secondary N) is 2. The highest BCUT2D eigenvalue weighted by molar-refractivity contribution is 5.85. The Morgan fingerprint density at radius 1 is 0.643 bits per heavy atom. The molecule has 42 heavy (non-hydrogen) atoms. The summed E-state index contributed by atoms with van der Waals surface area (Å²) < 4.78 is 20.6. The van der Waals surface area contributed by atoms with Gasteiger partial charge in [-0.25, -0.2) is 9.59 Å². The first-order valence-corrected chi connectivity index (χ1v) is 14.3. The highest BCUT2D eigenvalue weighted by Gasteiger charge is 2.29. The Morgan fingerprint density at radius 2 is 1.02 bits per heavy atom. The Labute approximate surface area is 246 Å². The van der Waals surface area contributed by atoms with E-state index in [1.54, 1.807) is 0 Å². The summed E-state index contributed by atoms with van der Waals surface area (Å²) in [6.07, 6.45) is 3.19. The summed E-state index contributed by atoms with van der Waals surface area (Å²) in [5.41, 5.74) is 0. The summed E-state index contributed by atoms with van der Waals surface area (Å²) in [5.74, 6) is 8.07. The molecule has 2 aliphatic heterocycles. The Kier molecular flexibility index (Phi) is 15.6. The van der Waals surface area contributed by atoms with E-state index in [-0.39, 0.29) is 62.5 Å². The van der Waals surface area contributed by atoms with Crippen LogP contribution < -0.4 is 10.6 Å². The second-order valence-corrected chi connectivity index (χ2v) is 10.1. The van der Waals surface area contributed by atoms with E-state index in [2.05, 4.69) is 34.3 Å². The molecule has 1 fully saturated rings. The quantitative estimate of drug-likeness (QED) is 0.275. The van der Waals surface area contributed by atoms with Crippen molar-refractivity contribution >= 4 is 35.7 Å². The highest BCUT2D eigenvalue weighted by atomic mass is 16.6. The second-order valence-electron chi connectivity index (χ2n) is 10.1. The van der Waals surface area contributed by atoms with Crippen molar-refractivity contribution in [2.24, 2.45) is 0 Å². The lowest BCUT2D eigenvalue weighted by atomic mass is 9.95. The molecule has 3 aliphatic rings. The molecule has 0 aromatic rings. The fraction of sp³-hybridized carbons (Fsp3) is 0.667. The third-order valence-electron chi connectivity index (χ3n) is 6.78. The molecule has 3 rings (SSSR count). The van der Waals surface area contributed by atoms with E-state index in [9.17, 15) is 28.8 Å². The fourth-order valence-corrected chi connectivity index (χ4v) is 4.49. The van der Waals surface area contributed by atoms with Crippen LogP contribution in [-0.2, 0) is 47.7 Å². The van der Waals surface area contributed by atoms with Crippen molar-refractivity contribution in [2.75, 3.05) is 14.2 Å². The van der Waals surface area contributed by atoms with Crippen LogP contribution in [0.5, 0.6) is 0 Å². The number of carbonyl (C=O) groups is 6. The largest absolute Gasteiger partial charge is 0.467 e. The molecule has 0 saturated heterocycles. The molecule has 1 saturated carbocycles. The van der Waals surface area contributed by atoms with Crippen LogP contribution in [0.1, 0.15) is 89.9 Å². The van der Waals surface area contributed by atoms with Gasteiger partial charge in [0.1, 0.15) is 24.3 Å². The van der Waals surface area contributed by atoms with Gasteiger partial charge < -0.3 is 29.6 Å². The monoisotopic (exact) mass is 588 g/mol. The SMILES string of the molecule is COC(=O)[C@@H]1CCC(=O)OC2CCC(CC2)OC(=O)CC[C@@H](C(=O)OC)NC(=O)CCCC#CC#CCCCC(=O)N1. The van der Waals surface area contributed by atoms with Crippen LogP contribution in [0.15, 0.2) is 0 Å². The van der Waals surface area contributed by atoms with Gasteiger partial charge in [0.2, 0.25) is 11.8 Å². The molecule has 12 heteroatoms. The Hall–Kier alpha value is -4.06. The third-order valence-corrected chi connectivity index (χ3v) is 6.78. The molecule has 0 aromatic carbocycles. The highest BCUT2D eigenvalue weighted by Crippen LogP contribution is 2.25. The lowest BCUT2D eigenvalue weighted by molar-refractivity contribution is -0.159. The average molecular weight is 589 g/mol. The number of amides is 2. The molecule has 0 unspecified atom stereocenters. The molecule has 2 bridgehead atoms. The normalized spacial score (nSPS) is 25.7. The van der Waals surface area contributed by atoms with Gasteiger partial charge in [0.15, 0.2) is 0 Å². The molecule has 2 heterocycles. The van der Waals surface area contributed by atoms with E-state index in [0.29, 0.717) is 51.4 Å². The van der Waals surface area contributed by atoms with Crippen LogP contribution >= 0.6 is 0 Å². The van der Waals surface area contributed by atoms with Crippen molar-refractivity contribution in [3.63, 3.8) is 0 Å². The van der Waals surface area contributed by atoms with E-state index in [4.69, 9.17) is 18.9 Å². The van der Waals surface area contributed by atoms with Crippen molar-refractivity contribution in [3.05, 3.63) is 0 Å². The minimum absolute atomic E-state index is 0.0343. The zero-order chi connectivity index (χ0) is 30.7. The van der Waals surface area contributed by atoms with Crippen molar-refractivity contribution in [1.29, 1.82) is 0 Å². The molecule has 2 amide bonds. The van der Waals surface area contributed by atoms with Crippen molar-refractivity contribution in [1.82, 2.24) is 10.6 Å². The van der Waals surface area contributed by atoms with Gasteiger partial charge in [0, 0.05) is 38.5 Å². The molecule has 0 spiro atoms. The van der Waals surface area contributed by atoms with Gasteiger partial charge in [-0.2, -0.15) is 0 Å². The number of ether oxygens (including phenoxy) is 4. The van der Waals surface area contributed by atoms with E-state index < -0.39 is 36.0 Å². The van der Waals surface area contributed by atoms with E-state index in [1.165, 1.54) is 14.2 Å². The smallest absolute Gasteiger partial charge is 0.328 e. The maximum absolute atomic E-state index is 12.4. The van der Waals surface area contributed by atoms with Crippen LogP contribution in [0.25, 0.3) is 0 Å². The molecule has 2 atom stereocenters. The molecule has 0 radical (unpaired) electrons. The van der Waals surface area contributed by atoms with Crippen LogP contribution in [0.4, 0.5) is 0 Å². The molecular weight excluding hydrogens is 548 g/mol. The molecule has 2 N–H and O–H groups in total. The summed E-state index contributed by atoms with van der Waals surface area (Å²) in [4.78, 5) is 73.8. The van der Waals surface area contributed by atoms with E-state index in [1.807, 2.05) is 0 Å². The van der Waals surface area contributed by atoms with Gasteiger partial charge >= 0.3 is 23.9 Å². The van der Waals surface area contributed by atoms with Crippen molar-refractivity contribution < 1.29 is 47.7 Å². The molecule has 0 aromatic heterocycles. The van der Waals surface area contributed by atoms with Gasteiger partial charge in [0.05, 0.1) is 14.2 Å². The Bertz CT molecular complexity index is 1000. The molecular formula is C30H40N2O10.